The van der Waals surface area contributed by atoms with E-state index >= 15 is 0 Å². The Balaban J connectivity index is 2.24. The van der Waals surface area contributed by atoms with E-state index in [2.05, 4.69) is 0 Å². The van der Waals surface area contributed by atoms with Gasteiger partial charge in [0.05, 0.1) is 0 Å². The lowest BCUT2D eigenvalue weighted by Gasteiger charge is -2.16. The summed E-state index contributed by atoms with van der Waals surface area (Å²) < 4.78 is 28.2. The van der Waals surface area contributed by atoms with Crippen LogP contribution in [0.4, 0.5) is 8.78 Å². The molecule has 20 heavy (non-hydrogen) atoms. The molecule has 2 aromatic rings. The number of carbonyl (C=O) groups is 1. The second-order valence-corrected chi connectivity index (χ2v) is 5.07. The molecule has 104 valence electrons. The van der Waals surface area contributed by atoms with Crippen LogP contribution in [0.5, 0.6) is 0 Å². The Morgan fingerprint density at radius 2 is 1.55 bits per heavy atom. The van der Waals surface area contributed by atoms with Crippen LogP contribution in [0.3, 0.4) is 0 Å². The minimum Gasteiger partial charge on any atom is -0.287 e. The molecule has 0 radical (unpaired) electrons. The predicted molar refractivity (Wildman–Crippen MR) is 75.3 cm³/mol. The van der Waals surface area contributed by atoms with Crippen LogP contribution in [0, 0.1) is 13.8 Å². The summed E-state index contributed by atoms with van der Waals surface area (Å²) in [4.78, 5) is 11.9. The smallest absolute Gasteiger partial charge is 0.287 e. The first kappa shape index (κ1) is 14.4. The minimum absolute atomic E-state index is 0.0434. The number of hydrogen-bond donors (Lipinski definition) is 0. The summed E-state index contributed by atoms with van der Waals surface area (Å²) in [6, 6.07) is 13.0. The van der Waals surface area contributed by atoms with Crippen LogP contribution in [0.25, 0.3) is 0 Å². The molecular weight excluding hydrogens is 258 g/mol. The van der Waals surface area contributed by atoms with E-state index in [1.807, 2.05) is 19.9 Å². The molecule has 0 heterocycles. The number of carbonyl (C=O) groups excluding carboxylic acids is 1. The van der Waals surface area contributed by atoms with Crippen LogP contribution in [0.1, 0.15) is 27.0 Å². The second-order valence-electron chi connectivity index (χ2n) is 5.07. The molecule has 0 bridgehead atoms. The summed E-state index contributed by atoms with van der Waals surface area (Å²) in [5.74, 6) is -4.51. The third kappa shape index (κ3) is 3.29. The highest BCUT2D eigenvalue weighted by molar-refractivity contribution is 6.01. The Labute approximate surface area is 117 Å². The van der Waals surface area contributed by atoms with E-state index in [0.717, 1.165) is 11.1 Å². The van der Waals surface area contributed by atoms with Gasteiger partial charge in [-0.15, -0.1) is 0 Å². The fourth-order valence-electron chi connectivity index (χ4n) is 2.31. The number of Topliss-reactive ketones (excluding diaryl/α,β-unsaturated/α-hetero) is 1. The molecule has 2 rings (SSSR count). The molecule has 0 spiro atoms. The fraction of sp³-hybridized carbons (Fsp3) is 0.235. The highest BCUT2D eigenvalue weighted by atomic mass is 19.3. The van der Waals surface area contributed by atoms with Gasteiger partial charge >= 0.3 is 5.92 Å². The maximum absolute atomic E-state index is 14.1. The van der Waals surface area contributed by atoms with E-state index in [1.54, 1.807) is 30.3 Å². The van der Waals surface area contributed by atoms with Crippen molar-refractivity contribution in [3.8, 4) is 0 Å². The SMILES string of the molecule is Cc1cc(C)cc(CC(F)(F)C(=O)c2ccccc2)c1. The maximum Gasteiger partial charge on any atom is 0.313 e. The number of aryl methyl sites for hydroxylation is 2. The largest absolute Gasteiger partial charge is 0.313 e. The van der Waals surface area contributed by atoms with Gasteiger partial charge in [-0.2, -0.15) is 8.78 Å². The van der Waals surface area contributed by atoms with Crippen LogP contribution in [-0.4, -0.2) is 11.7 Å². The van der Waals surface area contributed by atoms with E-state index in [9.17, 15) is 13.6 Å². The monoisotopic (exact) mass is 274 g/mol. The van der Waals surface area contributed by atoms with Crippen molar-refractivity contribution in [3.05, 3.63) is 70.8 Å². The van der Waals surface area contributed by atoms with Crippen molar-refractivity contribution in [2.75, 3.05) is 0 Å². The average Bonchev–Trinajstić information content (AvgIpc) is 2.37. The third-order valence-electron chi connectivity index (χ3n) is 3.08. The zero-order valence-corrected chi connectivity index (χ0v) is 11.5. The molecule has 0 aliphatic heterocycles. The Hall–Kier alpha value is -2.03. The van der Waals surface area contributed by atoms with Crippen molar-refractivity contribution < 1.29 is 13.6 Å². The number of alkyl halides is 2. The predicted octanol–water partition coefficient (Wildman–Crippen LogP) is 4.36. The van der Waals surface area contributed by atoms with Gasteiger partial charge in [-0.1, -0.05) is 59.7 Å². The van der Waals surface area contributed by atoms with Gasteiger partial charge in [0.25, 0.3) is 0 Å². The number of hydrogen-bond acceptors (Lipinski definition) is 1. The van der Waals surface area contributed by atoms with Crippen molar-refractivity contribution in [1.29, 1.82) is 0 Å². The third-order valence-corrected chi connectivity index (χ3v) is 3.08. The molecule has 2 aromatic carbocycles. The van der Waals surface area contributed by atoms with Gasteiger partial charge in [-0.05, 0) is 19.4 Å². The first-order chi connectivity index (χ1) is 9.38. The Morgan fingerprint density at radius 3 is 2.10 bits per heavy atom. The van der Waals surface area contributed by atoms with Gasteiger partial charge in [0, 0.05) is 12.0 Å². The Kier molecular flexibility index (Phi) is 3.98. The number of benzene rings is 2. The van der Waals surface area contributed by atoms with Gasteiger partial charge in [-0.25, -0.2) is 0 Å². The van der Waals surface area contributed by atoms with Crippen molar-refractivity contribution in [2.24, 2.45) is 0 Å². The van der Waals surface area contributed by atoms with Crippen molar-refractivity contribution in [3.63, 3.8) is 0 Å². The van der Waals surface area contributed by atoms with Crippen molar-refractivity contribution in [2.45, 2.75) is 26.2 Å². The molecule has 3 heteroatoms. The van der Waals surface area contributed by atoms with E-state index in [1.165, 1.54) is 12.1 Å². The molecule has 1 nitrogen and oxygen atoms in total. The van der Waals surface area contributed by atoms with Crippen molar-refractivity contribution >= 4 is 5.78 Å². The van der Waals surface area contributed by atoms with E-state index < -0.39 is 18.1 Å². The molecule has 0 N–H and O–H groups in total. The lowest BCUT2D eigenvalue weighted by Crippen LogP contribution is -2.31. The van der Waals surface area contributed by atoms with Crippen LogP contribution in [0.15, 0.2) is 48.5 Å². The first-order valence-corrected chi connectivity index (χ1v) is 6.43. The lowest BCUT2D eigenvalue weighted by atomic mass is 9.97. The molecule has 0 unspecified atom stereocenters. The molecule has 0 atom stereocenters. The molecule has 0 aromatic heterocycles. The normalized spacial score (nSPS) is 11.4. The molecule has 0 aliphatic rings. The topological polar surface area (TPSA) is 17.1 Å². The van der Waals surface area contributed by atoms with Crippen molar-refractivity contribution in [1.82, 2.24) is 0 Å². The van der Waals surface area contributed by atoms with Crippen LogP contribution in [0.2, 0.25) is 0 Å². The fourth-order valence-corrected chi connectivity index (χ4v) is 2.31. The van der Waals surface area contributed by atoms with Gasteiger partial charge in [0.2, 0.25) is 5.78 Å². The number of rotatable bonds is 4. The van der Waals surface area contributed by atoms with Crippen LogP contribution < -0.4 is 0 Å². The minimum atomic E-state index is -3.39. The average molecular weight is 274 g/mol. The van der Waals surface area contributed by atoms with Crippen LogP contribution >= 0.6 is 0 Å². The standard InChI is InChI=1S/C17H16F2O/c1-12-8-13(2)10-14(9-12)11-17(18,19)16(20)15-6-4-3-5-7-15/h3-10H,11H2,1-2H3. The van der Waals surface area contributed by atoms with E-state index in [-0.39, 0.29) is 5.56 Å². The number of ketones is 1. The molecule has 0 amide bonds. The summed E-state index contributed by atoms with van der Waals surface area (Å²) >= 11 is 0. The summed E-state index contributed by atoms with van der Waals surface area (Å²) in [6.07, 6.45) is -0.566. The van der Waals surface area contributed by atoms with Gasteiger partial charge in [0.1, 0.15) is 0 Å². The van der Waals surface area contributed by atoms with E-state index in [0.29, 0.717) is 5.56 Å². The van der Waals surface area contributed by atoms with Gasteiger partial charge in [0.15, 0.2) is 0 Å². The Morgan fingerprint density at radius 1 is 1.00 bits per heavy atom. The molecule has 0 fully saturated rings. The summed E-state index contributed by atoms with van der Waals surface area (Å²) in [6.45, 7) is 3.71. The molecule has 0 saturated heterocycles. The maximum atomic E-state index is 14.1. The molecule has 0 aliphatic carbocycles. The van der Waals surface area contributed by atoms with Gasteiger partial charge < -0.3 is 0 Å². The highest BCUT2D eigenvalue weighted by Gasteiger charge is 2.39. The van der Waals surface area contributed by atoms with E-state index in [4.69, 9.17) is 0 Å². The Bertz CT molecular complexity index is 598. The second kappa shape index (κ2) is 5.53. The van der Waals surface area contributed by atoms with Crippen LogP contribution in [-0.2, 0) is 6.42 Å². The summed E-state index contributed by atoms with van der Waals surface area (Å²) in [5.41, 5.74) is 2.37. The zero-order valence-electron chi connectivity index (χ0n) is 11.5. The lowest BCUT2D eigenvalue weighted by molar-refractivity contribution is 0.0106. The first-order valence-electron chi connectivity index (χ1n) is 6.43. The quantitative estimate of drug-likeness (QED) is 0.757. The van der Waals surface area contributed by atoms with Gasteiger partial charge in [-0.3, -0.25) is 4.79 Å². The highest BCUT2D eigenvalue weighted by Crippen LogP contribution is 2.26. The molecular formula is C17H16F2O. The molecule has 0 saturated carbocycles. The summed E-state index contributed by atoms with van der Waals surface area (Å²) in [7, 11) is 0. The number of halogens is 2. The summed E-state index contributed by atoms with van der Waals surface area (Å²) in [5, 5.41) is 0. The zero-order chi connectivity index (χ0) is 14.8.